The molecule has 0 amide bonds. The minimum absolute atomic E-state index is 0.0690. The first-order valence-electron chi connectivity index (χ1n) is 4.29. The van der Waals surface area contributed by atoms with Crippen molar-refractivity contribution in [1.82, 2.24) is 4.31 Å². The molecular formula is C8H10BrCl2NO2S2. The number of hydrogen-bond acceptors (Lipinski definition) is 3. The van der Waals surface area contributed by atoms with E-state index in [0.717, 1.165) is 11.3 Å². The second kappa shape index (κ2) is 5.54. The van der Waals surface area contributed by atoms with Gasteiger partial charge in [0.1, 0.15) is 9.23 Å². The Kier molecular flexibility index (Phi) is 5.10. The van der Waals surface area contributed by atoms with Gasteiger partial charge in [-0.2, -0.15) is 4.31 Å². The number of thiophene rings is 1. The summed E-state index contributed by atoms with van der Waals surface area (Å²) in [5, 5.41) is 0.554. The van der Waals surface area contributed by atoms with Gasteiger partial charge < -0.3 is 0 Å². The number of sulfonamides is 1. The molecule has 8 heteroatoms. The molecule has 3 nitrogen and oxygen atoms in total. The smallest absolute Gasteiger partial charge is 0.207 e. The summed E-state index contributed by atoms with van der Waals surface area (Å²) in [6, 6.07) is 1.22. The Balaban J connectivity index is 3.17. The van der Waals surface area contributed by atoms with Crippen molar-refractivity contribution >= 4 is 60.5 Å². The van der Waals surface area contributed by atoms with Crippen molar-refractivity contribution in [1.29, 1.82) is 0 Å². The van der Waals surface area contributed by atoms with Crippen LogP contribution in [-0.2, 0) is 10.0 Å². The topological polar surface area (TPSA) is 37.4 Å². The molecular weight excluding hydrogens is 357 g/mol. The number of rotatable bonds is 4. The maximum atomic E-state index is 12.1. The second-order valence-corrected chi connectivity index (χ2v) is 8.11. The minimum atomic E-state index is -3.56. The minimum Gasteiger partial charge on any atom is -0.207 e. The molecule has 0 aliphatic carbocycles. The number of hydrogen-bond donors (Lipinski definition) is 0. The van der Waals surface area contributed by atoms with Crippen molar-refractivity contribution in [3.05, 3.63) is 14.7 Å². The molecule has 0 aliphatic heterocycles. The van der Waals surface area contributed by atoms with Gasteiger partial charge in [0.05, 0.1) is 4.34 Å². The molecule has 1 aromatic heterocycles. The molecule has 1 aromatic rings. The van der Waals surface area contributed by atoms with Gasteiger partial charge in [-0.3, -0.25) is 0 Å². The molecule has 0 spiro atoms. The van der Waals surface area contributed by atoms with E-state index in [1.807, 2.05) is 0 Å². The molecule has 0 saturated heterocycles. The monoisotopic (exact) mass is 365 g/mol. The van der Waals surface area contributed by atoms with Crippen LogP contribution < -0.4 is 0 Å². The summed E-state index contributed by atoms with van der Waals surface area (Å²) in [5.41, 5.74) is 0. The summed E-state index contributed by atoms with van der Waals surface area (Å²) in [6.45, 7) is 1.80. The molecule has 0 aliphatic rings. The molecule has 0 fully saturated rings. The first kappa shape index (κ1) is 14.7. The van der Waals surface area contributed by atoms with Crippen LogP contribution in [0.3, 0.4) is 0 Å². The van der Waals surface area contributed by atoms with E-state index in [9.17, 15) is 8.42 Å². The molecule has 1 atom stereocenters. The summed E-state index contributed by atoms with van der Waals surface area (Å²) in [6.07, 6.45) is 0. The molecule has 0 N–H and O–H groups in total. The Morgan fingerprint density at radius 3 is 2.50 bits per heavy atom. The zero-order chi connectivity index (χ0) is 12.5. The normalized spacial score (nSPS) is 14.4. The van der Waals surface area contributed by atoms with Crippen LogP contribution in [0.5, 0.6) is 0 Å². The molecule has 92 valence electrons. The van der Waals surface area contributed by atoms with Crippen molar-refractivity contribution in [3.8, 4) is 0 Å². The number of halogens is 3. The average Bonchev–Trinajstić information content (AvgIpc) is 2.56. The van der Waals surface area contributed by atoms with Crippen LogP contribution in [0.2, 0.25) is 8.67 Å². The van der Waals surface area contributed by atoms with E-state index >= 15 is 0 Å². The highest BCUT2D eigenvalue weighted by Crippen LogP contribution is 2.35. The molecule has 16 heavy (non-hydrogen) atoms. The predicted molar refractivity (Wildman–Crippen MR) is 72.5 cm³/mol. The van der Waals surface area contributed by atoms with Crippen LogP contribution in [0.4, 0.5) is 0 Å². The Morgan fingerprint density at radius 2 is 2.12 bits per heavy atom. The van der Waals surface area contributed by atoms with E-state index < -0.39 is 10.0 Å². The van der Waals surface area contributed by atoms with E-state index in [0.29, 0.717) is 9.67 Å². The fourth-order valence-electron chi connectivity index (χ4n) is 0.990. The molecule has 0 radical (unpaired) electrons. The largest absolute Gasteiger partial charge is 0.245 e. The highest BCUT2D eigenvalue weighted by Gasteiger charge is 2.28. The highest BCUT2D eigenvalue weighted by molar-refractivity contribution is 9.09. The van der Waals surface area contributed by atoms with Crippen molar-refractivity contribution in [3.63, 3.8) is 0 Å². The summed E-state index contributed by atoms with van der Waals surface area (Å²) in [7, 11) is -2.05. The summed E-state index contributed by atoms with van der Waals surface area (Å²) < 4.78 is 26.1. The number of nitrogens with zero attached hydrogens (tertiary/aromatic N) is 1. The Bertz CT molecular complexity index is 474. The van der Waals surface area contributed by atoms with Gasteiger partial charge in [-0.15, -0.1) is 11.3 Å². The predicted octanol–water partition coefficient (Wildman–Crippen LogP) is 3.46. The van der Waals surface area contributed by atoms with Crippen molar-refractivity contribution in [2.24, 2.45) is 0 Å². The van der Waals surface area contributed by atoms with E-state index in [1.54, 1.807) is 6.92 Å². The van der Waals surface area contributed by atoms with E-state index in [4.69, 9.17) is 23.2 Å². The summed E-state index contributed by atoms with van der Waals surface area (Å²) >= 11 is 15.9. The van der Waals surface area contributed by atoms with E-state index in [2.05, 4.69) is 15.9 Å². The molecule has 1 heterocycles. The van der Waals surface area contributed by atoms with Crippen LogP contribution in [0.15, 0.2) is 11.0 Å². The lowest BCUT2D eigenvalue weighted by Gasteiger charge is -2.22. The van der Waals surface area contributed by atoms with Crippen LogP contribution >= 0.6 is 50.5 Å². The molecule has 0 aromatic carbocycles. The Morgan fingerprint density at radius 1 is 1.56 bits per heavy atom. The van der Waals surface area contributed by atoms with Gasteiger partial charge in [0.15, 0.2) is 0 Å². The molecule has 1 unspecified atom stereocenters. The third kappa shape index (κ3) is 2.91. The maximum Gasteiger partial charge on any atom is 0.245 e. The van der Waals surface area contributed by atoms with Gasteiger partial charge >= 0.3 is 0 Å². The molecule has 1 rings (SSSR count). The van der Waals surface area contributed by atoms with Crippen LogP contribution in [0.25, 0.3) is 0 Å². The third-order valence-electron chi connectivity index (χ3n) is 2.13. The number of alkyl halides is 1. The standard InChI is InChI=1S/C8H10BrCl2NO2S2/c1-5(4-9)12(2)16(13,14)6-3-7(10)15-8(6)11/h3,5H,4H2,1-2H3. The van der Waals surface area contributed by atoms with E-state index in [-0.39, 0.29) is 15.3 Å². The van der Waals surface area contributed by atoms with Crippen molar-refractivity contribution in [2.75, 3.05) is 12.4 Å². The Hall–Kier alpha value is 0.670. The summed E-state index contributed by atoms with van der Waals surface area (Å²) in [5.74, 6) is 0. The SMILES string of the molecule is CC(CBr)N(C)S(=O)(=O)c1cc(Cl)sc1Cl. The lowest BCUT2D eigenvalue weighted by atomic mass is 10.4. The third-order valence-corrected chi connectivity index (χ3v) is 6.79. The van der Waals surface area contributed by atoms with Gasteiger partial charge in [0.2, 0.25) is 10.0 Å². The quantitative estimate of drug-likeness (QED) is 0.765. The van der Waals surface area contributed by atoms with E-state index in [1.165, 1.54) is 17.4 Å². The van der Waals surface area contributed by atoms with Crippen molar-refractivity contribution < 1.29 is 8.42 Å². The van der Waals surface area contributed by atoms with Crippen LogP contribution in [0, 0.1) is 0 Å². The lowest BCUT2D eigenvalue weighted by molar-refractivity contribution is 0.416. The zero-order valence-corrected chi connectivity index (χ0v) is 13.3. The van der Waals surface area contributed by atoms with Crippen LogP contribution in [-0.4, -0.2) is 31.1 Å². The second-order valence-electron chi connectivity index (χ2n) is 3.21. The van der Waals surface area contributed by atoms with Gasteiger partial charge in [-0.1, -0.05) is 39.1 Å². The van der Waals surface area contributed by atoms with Crippen molar-refractivity contribution in [2.45, 2.75) is 17.9 Å². The lowest BCUT2D eigenvalue weighted by Crippen LogP contribution is -2.35. The molecule has 0 bridgehead atoms. The highest BCUT2D eigenvalue weighted by atomic mass is 79.9. The van der Waals surface area contributed by atoms with Gasteiger partial charge in [-0.05, 0) is 13.0 Å². The fraction of sp³-hybridized carbons (Fsp3) is 0.500. The zero-order valence-electron chi connectivity index (χ0n) is 8.58. The van der Waals surface area contributed by atoms with Crippen LogP contribution in [0.1, 0.15) is 6.92 Å². The summed E-state index contributed by atoms with van der Waals surface area (Å²) in [4.78, 5) is 0.0690. The fourth-order valence-corrected chi connectivity index (χ4v) is 5.09. The Labute approximate surface area is 118 Å². The van der Waals surface area contributed by atoms with Gasteiger partial charge in [0, 0.05) is 18.4 Å². The van der Waals surface area contributed by atoms with Gasteiger partial charge in [-0.25, -0.2) is 8.42 Å². The first-order valence-corrected chi connectivity index (χ1v) is 8.43. The molecule has 0 saturated carbocycles. The first-order chi connectivity index (χ1) is 7.30. The average molecular weight is 367 g/mol. The van der Waals surface area contributed by atoms with Gasteiger partial charge in [0.25, 0.3) is 0 Å². The maximum absolute atomic E-state index is 12.1.